The number of ether oxygens (including phenoxy) is 1. The first-order chi connectivity index (χ1) is 9.36. The maximum Gasteiger partial charge on any atom is 0.307 e. The molecule has 0 saturated carbocycles. The molecule has 0 saturated heterocycles. The average molecular weight is 284 g/mol. The predicted molar refractivity (Wildman–Crippen MR) is 72.3 cm³/mol. The second-order valence-electron chi connectivity index (χ2n) is 4.32. The molecule has 0 aliphatic carbocycles. The summed E-state index contributed by atoms with van der Waals surface area (Å²) in [7, 11) is 1.61. The number of benzene rings is 1. The number of nitro benzene ring substituents is 1. The second-order valence-corrected chi connectivity index (χ2v) is 4.32. The van der Waals surface area contributed by atoms with Gasteiger partial charge in [0.05, 0.1) is 24.0 Å². The smallest absolute Gasteiger partial charge is 0.307 e. The third kappa shape index (κ3) is 3.91. The van der Waals surface area contributed by atoms with Crippen molar-refractivity contribution in [3.05, 3.63) is 33.6 Å². The van der Waals surface area contributed by atoms with E-state index in [4.69, 9.17) is 4.74 Å². The summed E-state index contributed by atoms with van der Waals surface area (Å²) in [6.07, 6.45) is 0.109. The molecule has 1 rings (SSSR count). The number of esters is 1. The van der Waals surface area contributed by atoms with Crippen molar-refractivity contribution in [1.82, 2.24) is 0 Å². The van der Waals surface area contributed by atoms with Crippen LogP contribution in [-0.4, -0.2) is 31.1 Å². The molecule has 7 heteroatoms. The maximum atomic E-state index is 13.4. The molecule has 0 aliphatic heterocycles. The van der Waals surface area contributed by atoms with E-state index in [9.17, 15) is 19.3 Å². The lowest BCUT2D eigenvalue weighted by Gasteiger charge is -2.19. The maximum absolute atomic E-state index is 13.4. The lowest BCUT2D eigenvalue weighted by molar-refractivity contribution is -0.384. The van der Waals surface area contributed by atoms with Crippen LogP contribution in [0.5, 0.6) is 0 Å². The topological polar surface area (TPSA) is 72.7 Å². The van der Waals surface area contributed by atoms with Crippen LogP contribution in [0.25, 0.3) is 0 Å². The van der Waals surface area contributed by atoms with Gasteiger partial charge in [0, 0.05) is 13.6 Å². The van der Waals surface area contributed by atoms with Crippen molar-refractivity contribution >= 4 is 17.3 Å². The minimum atomic E-state index is -0.640. The van der Waals surface area contributed by atoms with Crippen LogP contribution in [0.4, 0.5) is 15.8 Å². The number of hydrogen-bond donors (Lipinski definition) is 0. The third-order valence-corrected chi connectivity index (χ3v) is 2.82. The first-order valence-electron chi connectivity index (χ1n) is 6.18. The number of anilines is 1. The molecule has 0 atom stereocenters. The van der Waals surface area contributed by atoms with Gasteiger partial charge in [-0.1, -0.05) is 0 Å². The van der Waals surface area contributed by atoms with Gasteiger partial charge >= 0.3 is 5.97 Å². The molecule has 0 aromatic heterocycles. The molecule has 0 N–H and O–H groups in total. The molecule has 0 fully saturated rings. The molecular weight excluding hydrogens is 267 g/mol. The highest BCUT2D eigenvalue weighted by atomic mass is 19.1. The van der Waals surface area contributed by atoms with E-state index >= 15 is 0 Å². The van der Waals surface area contributed by atoms with E-state index in [1.165, 1.54) is 13.0 Å². The number of carbonyl (C=O) groups is 1. The highest BCUT2D eigenvalue weighted by molar-refractivity contribution is 5.71. The van der Waals surface area contributed by atoms with Gasteiger partial charge in [0.15, 0.2) is 0 Å². The first kappa shape index (κ1) is 15.9. The lowest BCUT2D eigenvalue weighted by Crippen LogP contribution is -2.23. The lowest BCUT2D eigenvalue weighted by atomic mass is 10.1. The molecule has 0 unspecified atom stereocenters. The first-order valence-corrected chi connectivity index (χ1v) is 6.18. The van der Waals surface area contributed by atoms with Crippen LogP contribution in [0.1, 0.15) is 18.9 Å². The fourth-order valence-electron chi connectivity index (χ4n) is 1.72. The zero-order valence-corrected chi connectivity index (χ0v) is 11.7. The summed E-state index contributed by atoms with van der Waals surface area (Å²) in [6.45, 7) is 3.78. The van der Waals surface area contributed by atoms with Crippen LogP contribution in [0.2, 0.25) is 0 Å². The molecular formula is C13H17FN2O4. The van der Waals surface area contributed by atoms with Crippen LogP contribution in [0.3, 0.4) is 0 Å². The molecule has 0 heterocycles. The number of halogens is 1. The summed E-state index contributed by atoms with van der Waals surface area (Å²) in [5.74, 6) is -1.000. The van der Waals surface area contributed by atoms with E-state index in [-0.39, 0.29) is 30.3 Å². The van der Waals surface area contributed by atoms with Crippen molar-refractivity contribution < 1.29 is 18.8 Å². The van der Waals surface area contributed by atoms with Crippen molar-refractivity contribution in [3.8, 4) is 0 Å². The summed E-state index contributed by atoms with van der Waals surface area (Å²) in [5, 5.41) is 11.0. The van der Waals surface area contributed by atoms with Gasteiger partial charge in [-0.05, 0) is 25.5 Å². The van der Waals surface area contributed by atoms with Crippen molar-refractivity contribution in [3.63, 3.8) is 0 Å². The molecule has 1 aromatic carbocycles. The molecule has 0 aliphatic rings. The largest absolute Gasteiger partial charge is 0.466 e. The Morgan fingerprint density at radius 1 is 1.50 bits per heavy atom. The van der Waals surface area contributed by atoms with Gasteiger partial charge in [-0.3, -0.25) is 14.9 Å². The number of rotatable bonds is 6. The Morgan fingerprint density at radius 2 is 2.15 bits per heavy atom. The summed E-state index contributed by atoms with van der Waals surface area (Å²) in [6, 6.07) is 2.30. The number of carbonyl (C=O) groups excluding carboxylic acids is 1. The Kier molecular flexibility index (Phi) is 5.42. The number of nitro groups is 1. The number of aryl methyl sites for hydroxylation is 1. The van der Waals surface area contributed by atoms with Crippen LogP contribution in [-0.2, 0) is 9.53 Å². The Balaban J connectivity index is 2.91. The number of nitrogens with zero attached hydrogens (tertiary/aromatic N) is 2. The molecule has 0 bridgehead atoms. The minimum Gasteiger partial charge on any atom is -0.466 e. The van der Waals surface area contributed by atoms with E-state index < -0.39 is 10.7 Å². The standard InChI is InChI=1S/C13H17FN2O4/c1-4-20-13(17)5-6-15(3)11-7-9(2)10(14)8-12(11)16(18)19/h7-8H,4-6H2,1-3H3. The van der Waals surface area contributed by atoms with Crippen molar-refractivity contribution in [1.29, 1.82) is 0 Å². The predicted octanol–water partition coefficient (Wildman–Crippen LogP) is 2.43. The molecule has 6 nitrogen and oxygen atoms in total. The summed E-state index contributed by atoms with van der Waals surface area (Å²) < 4.78 is 18.2. The molecule has 0 amide bonds. The Bertz CT molecular complexity index is 519. The molecule has 0 radical (unpaired) electrons. The van der Waals surface area contributed by atoms with Crippen molar-refractivity contribution in [2.45, 2.75) is 20.3 Å². The van der Waals surface area contributed by atoms with Crippen LogP contribution in [0.15, 0.2) is 12.1 Å². The quantitative estimate of drug-likeness (QED) is 0.455. The van der Waals surface area contributed by atoms with E-state index in [1.54, 1.807) is 18.9 Å². The summed E-state index contributed by atoms with van der Waals surface area (Å²) in [5.41, 5.74) is 0.270. The van der Waals surface area contributed by atoms with E-state index in [2.05, 4.69) is 0 Å². The minimum absolute atomic E-state index is 0.109. The van der Waals surface area contributed by atoms with Crippen LogP contribution >= 0.6 is 0 Å². The van der Waals surface area contributed by atoms with Crippen LogP contribution < -0.4 is 4.90 Å². The molecule has 20 heavy (non-hydrogen) atoms. The average Bonchev–Trinajstić information content (AvgIpc) is 2.38. The van der Waals surface area contributed by atoms with Gasteiger partial charge in [-0.2, -0.15) is 0 Å². The SMILES string of the molecule is CCOC(=O)CCN(C)c1cc(C)c(F)cc1[N+](=O)[O-]. The van der Waals surface area contributed by atoms with Gasteiger partial charge in [0.25, 0.3) is 5.69 Å². The molecule has 1 aromatic rings. The molecule has 110 valence electrons. The number of hydrogen-bond acceptors (Lipinski definition) is 5. The van der Waals surface area contributed by atoms with Gasteiger partial charge in [0.2, 0.25) is 0 Å². The third-order valence-electron chi connectivity index (χ3n) is 2.82. The second kappa shape index (κ2) is 6.83. The van der Waals surface area contributed by atoms with Crippen LogP contribution in [0, 0.1) is 22.9 Å². The normalized spacial score (nSPS) is 10.2. The van der Waals surface area contributed by atoms with E-state index in [0.29, 0.717) is 12.2 Å². The highest BCUT2D eigenvalue weighted by Gasteiger charge is 2.20. The Hall–Kier alpha value is -2.18. The van der Waals surface area contributed by atoms with Gasteiger partial charge in [0.1, 0.15) is 11.5 Å². The Morgan fingerprint density at radius 3 is 2.70 bits per heavy atom. The van der Waals surface area contributed by atoms with Gasteiger partial charge in [-0.15, -0.1) is 0 Å². The molecule has 0 spiro atoms. The van der Waals surface area contributed by atoms with Crippen molar-refractivity contribution in [2.75, 3.05) is 25.1 Å². The summed E-state index contributed by atoms with van der Waals surface area (Å²) >= 11 is 0. The van der Waals surface area contributed by atoms with Crippen molar-refractivity contribution in [2.24, 2.45) is 0 Å². The van der Waals surface area contributed by atoms with Gasteiger partial charge < -0.3 is 9.64 Å². The Labute approximate surface area is 116 Å². The summed E-state index contributed by atoms with van der Waals surface area (Å²) in [4.78, 5) is 23.1. The highest BCUT2D eigenvalue weighted by Crippen LogP contribution is 2.30. The fraction of sp³-hybridized carbons (Fsp3) is 0.462. The zero-order chi connectivity index (χ0) is 15.3. The monoisotopic (exact) mass is 284 g/mol. The van der Waals surface area contributed by atoms with E-state index in [0.717, 1.165) is 6.07 Å². The van der Waals surface area contributed by atoms with E-state index in [1.807, 2.05) is 0 Å². The fourth-order valence-corrected chi connectivity index (χ4v) is 1.72. The van der Waals surface area contributed by atoms with Gasteiger partial charge in [-0.25, -0.2) is 4.39 Å². The zero-order valence-electron chi connectivity index (χ0n) is 11.7.